The molecule has 25 nitrogen and oxygen atoms in total. The van der Waals surface area contributed by atoms with Crippen LogP contribution in [0.25, 0.3) is 0 Å². The van der Waals surface area contributed by atoms with Gasteiger partial charge in [-0.2, -0.15) is 19.5 Å². The maximum Gasteiger partial charge on any atom is 0.234 e. The standard InChI is InChI=1S/C34H64N2O23S3/c1-8-13-60(42,43)14-11-12-50-31-15(4)23(37)28(17(6)51-31)56-34-22(36-59-62(47,48)49)27(41)30(20(10-3)54-34)57-32-16(5)24(38)29(18(7)52-32)55-33-21(35-58-61(44,45)46)26(40)25(39)19(9-2)53-33/h15-41H,8-14H2,1-7H3,(H,44,45,46)(H,47,48,49)/p-2/t15?,16?,17?,18?,19?,20?,21?,22?,23-,24-,25+,26+,27+,28+,29+,30+,31+,32-,33+,34+/m0/s1. The summed E-state index contributed by atoms with van der Waals surface area (Å²) < 4.78 is 149. The van der Waals surface area contributed by atoms with Crippen molar-refractivity contribution in [3.05, 3.63) is 0 Å². The largest absolute Gasteiger partial charge is 0.724 e. The summed E-state index contributed by atoms with van der Waals surface area (Å²) in [6.45, 7) is 11.2. The van der Waals surface area contributed by atoms with Crippen molar-refractivity contribution in [3.63, 3.8) is 0 Å². The quantitative estimate of drug-likeness (QED) is 0.0259. The number of rotatable bonds is 21. The Hall–Kier alpha value is -0.910. The zero-order valence-corrected chi connectivity index (χ0v) is 37.8. The lowest BCUT2D eigenvalue weighted by molar-refractivity contribution is -0.367. The van der Waals surface area contributed by atoms with Crippen LogP contribution in [0.15, 0.2) is 0 Å². The van der Waals surface area contributed by atoms with Gasteiger partial charge in [-0.3, -0.25) is 0 Å². The monoisotopic (exact) mass is 962 g/mol. The van der Waals surface area contributed by atoms with Crippen LogP contribution >= 0.6 is 0 Å². The van der Waals surface area contributed by atoms with Crippen molar-refractivity contribution in [2.45, 2.75) is 185 Å². The Morgan fingerprint density at radius 2 is 1.00 bits per heavy atom. The number of hydrogen-bond acceptors (Lipinski definition) is 25. The molecule has 4 rings (SSSR count). The molecule has 0 aliphatic carbocycles. The van der Waals surface area contributed by atoms with Crippen molar-refractivity contribution in [1.29, 1.82) is 0 Å². The van der Waals surface area contributed by atoms with Crippen LogP contribution in [0.3, 0.4) is 0 Å². The molecule has 0 radical (unpaired) electrons. The zero-order valence-electron chi connectivity index (χ0n) is 35.3. The molecule has 0 aromatic heterocycles. The SMILES string of the molecule is CCCS(=O)(=O)CCCO[C@@H]1OC(C)[C@@H](O[C@H]2OC(CC)[C@@H](O[C@@H]3OC(C)[C@@H](O[C@H]4OC(CC)[C@@H](O)[C@H](O)C4NOS(=O)(=O)[O-])[C@@H](O)C3C)[C@H](O)C2NOS(=O)(=O)[O-])[C@@H](O)C1C. The molecule has 7 N–H and O–H groups in total. The summed E-state index contributed by atoms with van der Waals surface area (Å²) in [5, 5.41) is 55.8. The Kier molecular flexibility index (Phi) is 19.7. The molecule has 4 aliphatic heterocycles. The number of aliphatic hydroxyl groups is 5. The molecule has 4 aliphatic rings. The lowest BCUT2D eigenvalue weighted by atomic mass is 9.90. The van der Waals surface area contributed by atoms with E-state index in [1.807, 2.05) is 11.0 Å². The van der Waals surface area contributed by atoms with E-state index in [0.717, 1.165) is 0 Å². The maximum absolute atomic E-state index is 12.1. The van der Waals surface area contributed by atoms with Crippen LogP contribution in [-0.2, 0) is 77.1 Å². The van der Waals surface area contributed by atoms with Gasteiger partial charge < -0.3 is 72.5 Å². The average Bonchev–Trinajstić information content (AvgIpc) is 3.18. The molecule has 366 valence electrons. The van der Waals surface area contributed by atoms with E-state index in [0.29, 0.717) is 6.42 Å². The third kappa shape index (κ3) is 14.1. The predicted molar refractivity (Wildman–Crippen MR) is 204 cm³/mol. The van der Waals surface area contributed by atoms with Crippen molar-refractivity contribution in [2.24, 2.45) is 11.8 Å². The first kappa shape index (κ1) is 53.7. The Balaban J connectivity index is 1.47. The topological polar surface area (TPSA) is 366 Å². The molecule has 28 heteroatoms. The Morgan fingerprint density at radius 3 is 1.48 bits per heavy atom. The number of nitrogens with one attached hydrogen (secondary N) is 2. The highest BCUT2D eigenvalue weighted by molar-refractivity contribution is 7.91. The number of ether oxygens (including phenoxy) is 8. The van der Waals surface area contributed by atoms with Crippen molar-refractivity contribution in [3.8, 4) is 0 Å². The predicted octanol–water partition coefficient (Wildman–Crippen LogP) is -3.09. The zero-order chi connectivity index (χ0) is 46.5. The molecule has 62 heavy (non-hydrogen) atoms. The Bertz CT molecular complexity index is 1730. The van der Waals surface area contributed by atoms with Crippen LogP contribution in [0.1, 0.15) is 74.1 Å². The van der Waals surface area contributed by atoms with E-state index in [1.165, 1.54) is 13.8 Å². The molecule has 0 saturated carbocycles. The molecule has 4 heterocycles. The molecule has 20 atom stereocenters. The smallest absolute Gasteiger partial charge is 0.234 e. The van der Waals surface area contributed by atoms with Crippen molar-refractivity contribution >= 4 is 30.6 Å². The highest BCUT2D eigenvalue weighted by atomic mass is 32.3. The van der Waals surface area contributed by atoms with E-state index >= 15 is 0 Å². The molecule has 0 spiro atoms. The fourth-order valence-electron chi connectivity index (χ4n) is 7.78. The van der Waals surface area contributed by atoms with Gasteiger partial charge in [-0.25, -0.2) is 25.3 Å². The fraction of sp³-hybridized carbons (Fsp3) is 1.00. The summed E-state index contributed by atoms with van der Waals surface area (Å²) in [6.07, 6.45) is -20.5. The summed E-state index contributed by atoms with van der Waals surface area (Å²) >= 11 is 0. The molecule has 0 aromatic rings. The number of hydroxylamine groups is 2. The van der Waals surface area contributed by atoms with E-state index in [1.54, 1.807) is 34.6 Å². The molecular formula is C34H62N2O23S3-2. The summed E-state index contributed by atoms with van der Waals surface area (Å²) in [4.78, 5) is 0. The van der Waals surface area contributed by atoms with Gasteiger partial charge in [0.2, 0.25) is 20.8 Å². The van der Waals surface area contributed by atoms with E-state index < -0.39 is 153 Å². The van der Waals surface area contributed by atoms with Crippen molar-refractivity contribution in [2.75, 3.05) is 18.1 Å². The van der Waals surface area contributed by atoms with Gasteiger partial charge in [-0.05, 0) is 39.5 Å². The second kappa shape index (κ2) is 22.7. The Labute approximate surface area is 361 Å². The molecule has 0 aromatic carbocycles. The highest BCUT2D eigenvalue weighted by Crippen LogP contribution is 2.37. The van der Waals surface area contributed by atoms with E-state index in [4.69, 9.17) is 37.9 Å². The summed E-state index contributed by atoms with van der Waals surface area (Å²) in [5.41, 5.74) is 3.82. The van der Waals surface area contributed by atoms with E-state index in [2.05, 4.69) is 8.57 Å². The second-order valence-electron chi connectivity index (χ2n) is 15.9. The summed E-state index contributed by atoms with van der Waals surface area (Å²) in [5.74, 6) is -1.79. The maximum atomic E-state index is 12.1. The lowest BCUT2D eigenvalue weighted by Gasteiger charge is -2.50. The Morgan fingerprint density at radius 1 is 0.548 bits per heavy atom. The van der Waals surface area contributed by atoms with E-state index in [-0.39, 0.29) is 37.4 Å². The minimum atomic E-state index is -5.42. The van der Waals surface area contributed by atoms with Crippen LogP contribution in [0.2, 0.25) is 0 Å². The first-order valence-electron chi connectivity index (χ1n) is 20.4. The third-order valence-corrected chi connectivity index (χ3v) is 13.8. The summed E-state index contributed by atoms with van der Waals surface area (Å²) in [6, 6.07) is -3.35. The minimum absolute atomic E-state index is 0.0226. The van der Waals surface area contributed by atoms with Gasteiger partial charge in [-0.15, -0.1) is 0 Å². The van der Waals surface area contributed by atoms with Crippen molar-refractivity contribution < 1.29 is 106 Å². The molecule has 4 saturated heterocycles. The van der Waals surface area contributed by atoms with Crippen LogP contribution in [0.4, 0.5) is 0 Å². The molecule has 0 bridgehead atoms. The minimum Gasteiger partial charge on any atom is -0.724 e. The number of hydrogen-bond donors (Lipinski definition) is 7. The third-order valence-electron chi connectivity index (χ3n) is 11.3. The van der Waals surface area contributed by atoms with Gasteiger partial charge in [-0.1, -0.05) is 34.6 Å². The fourth-order valence-corrected chi connectivity index (χ4v) is 9.63. The number of aliphatic hydroxyl groups excluding tert-OH is 5. The van der Waals surface area contributed by atoms with Gasteiger partial charge in [0, 0.05) is 17.6 Å². The molecular weight excluding hydrogens is 901 g/mol. The van der Waals surface area contributed by atoms with Gasteiger partial charge >= 0.3 is 0 Å². The van der Waals surface area contributed by atoms with Gasteiger partial charge in [0.15, 0.2) is 25.2 Å². The molecule has 0 amide bonds. The van der Waals surface area contributed by atoms with Gasteiger partial charge in [0.25, 0.3) is 0 Å². The first-order valence-corrected chi connectivity index (χ1v) is 24.9. The van der Waals surface area contributed by atoms with Crippen LogP contribution < -0.4 is 11.0 Å². The first-order chi connectivity index (χ1) is 28.8. The van der Waals surface area contributed by atoms with Gasteiger partial charge in [0.1, 0.15) is 58.5 Å². The molecule has 4 fully saturated rings. The van der Waals surface area contributed by atoms with Crippen LogP contribution in [-0.4, -0.2) is 188 Å². The summed E-state index contributed by atoms with van der Waals surface area (Å²) in [7, 11) is -14.0. The van der Waals surface area contributed by atoms with Crippen molar-refractivity contribution in [1.82, 2.24) is 11.0 Å². The highest BCUT2D eigenvalue weighted by Gasteiger charge is 2.54. The lowest BCUT2D eigenvalue weighted by Crippen LogP contribution is -2.67. The van der Waals surface area contributed by atoms with E-state index in [9.17, 15) is 59.9 Å². The van der Waals surface area contributed by atoms with Crippen LogP contribution in [0, 0.1) is 11.8 Å². The number of sulfone groups is 1. The molecule has 8 unspecified atom stereocenters. The second-order valence-corrected chi connectivity index (χ2v) is 20.2. The van der Waals surface area contributed by atoms with Gasteiger partial charge in [0.05, 0.1) is 49.0 Å². The normalized spacial score (nSPS) is 42.5. The average molecular weight is 963 g/mol. The van der Waals surface area contributed by atoms with Crippen LogP contribution in [0.5, 0.6) is 0 Å².